The molecule has 0 saturated carbocycles. The van der Waals surface area contributed by atoms with Crippen LogP contribution in [0.4, 0.5) is 16.4 Å². The van der Waals surface area contributed by atoms with Crippen LogP contribution in [0, 0.1) is 17.8 Å². The minimum atomic E-state index is -2.06. The molecule has 3 fully saturated rings. The normalized spacial score (nSPS) is 23.0. The number of benzene rings is 5. The number of aliphatic hydroxyl groups excluding tert-OH is 2. The zero-order chi connectivity index (χ0) is 49.1. The van der Waals surface area contributed by atoms with E-state index in [0.717, 1.165) is 16.0 Å². The highest BCUT2D eigenvalue weighted by Gasteiger charge is 2.76. The standard InChI is InChI=1S/C56H53N7O8/c1-37(39-17-5-2-6-18-39)59-55(69)62-44-26-25-38(16-13-14-33-64)36-43(44)56(53(62)68)46(51(66)60-29-31-61(32-30-60)54-57-27-15-28-58-54)48-52(67)71-49(41-21-9-4-10-22-41)47(40-19-7-3-8-20-40)63(48)50(56)42-23-11-12-24-45(42)70-35-34-65/h2-12,15,17-28,36-37,46-50,64-65H,14,29-35H2,1H3,(H,59,69)/t37-,46+,47+,48+,49-,50-,56+/m1/s1. The van der Waals surface area contributed by atoms with Gasteiger partial charge in [0.15, 0.2) is 0 Å². The van der Waals surface area contributed by atoms with E-state index in [1.165, 1.54) is 0 Å². The number of anilines is 2. The van der Waals surface area contributed by atoms with Gasteiger partial charge in [-0.15, -0.1) is 0 Å². The molecular formula is C56H53N7O8. The molecule has 3 saturated heterocycles. The van der Waals surface area contributed by atoms with Gasteiger partial charge >= 0.3 is 12.0 Å². The van der Waals surface area contributed by atoms with E-state index < -0.39 is 65.4 Å². The minimum Gasteiger partial charge on any atom is -0.491 e. The number of nitrogens with zero attached hydrogens (tertiary/aromatic N) is 6. The van der Waals surface area contributed by atoms with Crippen molar-refractivity contribution in [3.63, 3.8) is 0 Å². The van der Waals surface area contributed by atoms with Crippen molar-refractivity contribution in [2.45, 2.75) is 49.0 Å². The number of hydrogen-bond acceptors (Lipinski definition) is 12. The third-order valence-corrected chi connectivity index (χ3v) is 14.0. The van der Waals surface area contributed by atoms with E-state index in [9.17, 15) is 10.2 Å². The fourth-order valence-electron chi connectivity index (χ4n) is 11.0. The van der Waals surface area contributed by atoms with Gasteiger partial charge in [0, 0.05) is 56.1 Å². The highest BCUT2D eigenvalue weighted by Crippen LogP contribution is 2.67. The van der Waals surface area contributed by atoms with Crippen LogP contribution in [0.25, 0.3) is 0 Å². The van der Waals surface area contributed by atoms with E-state index in [1.54, 1.807) is 53.7 Å². The van der Waals surface area contributed by atoms with Crippen LogP contribution in [-0.4, -0.2) is 106 Å². The highest BCUT2D eigenvalue weighted by molar-refractivity contribution is 6.24. The lowest BCUT2D eigenvalue weighted by atomic mass is 9.64. The van der Waals surface area contributed by atoms with Crippen LogP contribution in [-0.2, 0) is 24.5 Å². The summed E-state index contributed by atoms with van der Waals surface area (Å²) in [5.74, 6) is 3.52. The average Bonchev–Trinajstić information content (AvgIpc) is 3.87. The van der Waals surface area contributed by atoms with Crippen LogP contribution < -0.4 is 19.9 Å². The zero-order valence-corrected chi connectivity index (χ0v) is 39.1. The second-order valence-corrected chi connectivity index (χ2v) is 18.0. The Kier molecular flexibility index (Phi) is 13.3. The molecule has 0 bridgehead atoms. The van der Waals surface area contributed by atoms with Gasteiger partial charge in [-0.25, -0.2) is 19.7 Å². The predicted molar refractivity (Wildman–Crippen MR) is 264 cm³/mol. The first-order valence-electron chi connectivity index (χ1n) is 23.9. The van der Waals surface area contributed by atoms with Crippen LogP contribution in [0.3, 0.4) is 0 Å². The summed E-state index contributed by atoms with van der Waals surface area (Å²) in [6.45, 7) is 2.35. The van der Waals surface area contributed by atoms with Crippen molar-refractivity contribution in [3.8, 4) is 17.6 Å². The Morgan fingerprint density at radius 2 is 1.46 bits per heavy atom. The molecule has 5 heterocycles. The molecule has 10 rings (SSSR count). The number of rotatable bonds is 11. The average molecular weight is 952 g/mol. The van der Waals surface area contributed by atoms with Gasteiger partial charge in [-0.2, -0.15) is 0 Å². The van der Waals surface area contributed by atoms with Crippen molar-refractivity contribution in [2.24, 2.45) is 5.92 Å². The summed E-state index contributed by atoms with van der Waals surface area (Å²) in [5.41, 5.74) is 1.62. The van der Waals surface area contributed by atoms with Crippen molar-refractivity contribution < 1.29 is 38.9 Å². The zero-order valence-electron chi connectivity index (χ0n) is 39.1. The van der Waals surface area contributed by atoms with Crippen LogP contribution in [0.2, 0.25) is 0 Å². The number of carbonyl (C=O) groups excluding carboxylic acids is 4. The lowest BCUT2D eigenvalue weighted by molar-refractivity contribution is -0.179. The second kappa shape index (κ2) is 20.2. The fourth-order valence-corrected chi connectivity index (χ4v) is 11.0. The van der Waals surface area contributed by atoms with Gasteiger partial charge in [0.1, 0.15) is 29.9 Å². The molecule has 7 atom stereocenters. The van der Waals surface area contributed by atoms with Gasteiger partial charge in [-0.05, 0) is 59.5 Å². The Bertz CT molecular complexity index is 2970. The summed E-state index contributed by atoms with van der Waals surface area (Å²) in [5, 5.41) is 23.0. The molecule has 15 nitrogen and oxygen atoms in total. The number of esters is 1. The second-order valence-electron chi connectivity index (χ2n) is 18.0. The molecule has 15 heteroatoms. The topological polar surface area (TPSA) is 178 Å². The largest absolute Gasteiger partial charge is 0.491 e. The van der Waals surface area contributed by atoms with Crippen LogP contribution in [0.1, 0.15) is 71.0 Å². The number of nitrogens with one attached hydrogen (secondary N) is 1. The van der Waals surface area contributed by atoms with Gasteiger partial charge in [0.25, 0.3) is 0 Å². The predicted octanol–water partition coefficient (Wildman–Crippen LogP) is 6.07. The molecule has 6 aromatic rings. The third kappa shape index (κ3) is 8.43. The number of fused-ring (bicyclic) bond motifs is 3. The summed E-state index contributed by atoms with van der Waals surface area (Å²) in [7, 11) is 0. The molecule has 71 heavy (non-hydrogen) atoms. The molecule has 0 unspecified atom stereocenters. The molecule has 360 valence electrons. The lowest BCUT2D eigenvalue weighted by Gasteiger charge is -2.46. The van der Waals surface area contributed by atoms with Crippen LogP contribution in [0.15, 0.2) is 152 Å². The summed E-state index contributed by atoms with van der Waals surface area (Å²) in [6, 6.07) is 37.6. The molecule has 1 aromatic heterocycles. The summed E-state index contributed by atoms with van der Waals surface area (Å²) >= 11 is 0. The highest BCUT2D eigenvalue weighted by atomic mass is 16.6. The number of imide groups is 1. The van der Waals surface area contributed by atoms with Crippen molar-refractivity contribution in [3.05, 3.63) is 185 Å². The minimum absolute atomic E-state index is 0.101. The van der Waals surface area contributed by atoms with Crippen LogP contribution in [0.5, 0.6) is 5.75 Å². The number of cyclic esters (lactones) is 1. The van der Waals surface area contributed by atoms with Gasteiger partial charge < -0.3 is 34.8 Å². The summed E-state index contributed by atoms with van der Waals surface area (Å²) < 4.78 is 13.0. The first kappa shape index (κ1) is 46.8. The van der Waals surface area contributed by atoms with E-state index in [0.29, 0.717) is 47.0 Å². The van der Waals surface area contributed by atoms with Crippen molar-refractivity contribution in [1.29, 1.82) is 0 Å². The Morgan fingerprint density at radius 1 is 0.803 bits per heavy atom. The smallest absolute Gasteiger partial charge is 0.329 e. The molecular weight excluding hydrogens is 899 g/mol. The van der Waals surface area contributed by atoms with Gasteiger partial charge in [0.05, 0.1) is 42.9 Å². The molecule has 1 spiro atoms. The summed E-state index contributed by atoms with van der Waals surface area (Å²) in [4.78, 5) is 79.7. The monoisotopic (exact) mass is 951 g/mol. The first-order chi connectivity index (χ1) is 34.8. The molecule has 4 amide bonds. The number of carbonyl (C=O) groups is 4. The number of ether oxygens (including phenoxy) is 2. The van der Waals surface area contributed by atoms with Crippen molar-refractivity contribution >= 4 is 35.5 Å². The number of para-hydroxylation sites is 1. The lowest BCUT2D eigenvalue weighted by Crippen LogP contribution is -2.59. The SMILES string of the molecule is C[C@@H](NC(=O)N1C(=O)[C@@]2(c3cc(C#CCCO)ccc31)[C@H](C(=O)N1CCN(c3ncccn3)CC1)[C@H]1C(=O)O[C@H](c3ccccc3)[C@H](c3ccccc3)N1[C@@H]2c1ccccc1OCCO)c1ccccc1. The van der Waals surface area contributed by atoms with E-state index in [1.807, 2.05) is 120 Å². The Labute approximate surface area is 411 Å². The third-order valence-electron chi connectivity index (χ3n) is 14.0. The number of piperazine rings is 1. The van der Waals surface area contributed by atoms with Crippen LogP contribution >= 0.6 is 0 Å². The number of amides is 4. The maximum absolute atomic E-state index is 16.8. The number of urea groups is 1. The molecule has 0 aliphatic carbocycles. The molecule has 4 aliphatic rings. The Balaban J connectivity index is 1.25. The molecule has 3 N–H and O–H groups in total. The number of morpholine rings is 1. The number of hydrogen-bond donors (Lipinski definition) is 3. The van der Waals surface area contributed by atoms with E-state index in [-0.39, 0.29) is 45.0 Å². The first-order valence-corrected chi connectivity index (χ1v) is 23.9. The van der Waals surface area contributed by atoms with E-state index in [4.69, 9.17) is 9.47 Å². The Morgan fingerprint density at radius 3 is 2.15 bits per heavy atom. The summed E-state index contributed by atoms with van der Waals surface area (Å²) in [6.07, 6.45) is 2.56. The quantitative estimate of drug-likeness (QED) is 0.101. The maximum Gasteiger partial charge on any atom is 0.329 e. The van der Waals surface area contributed by atoms with Gasteiger partial charge in [0.2, 0.25) is 17.8 Å². The molecule has 4 aliphatic heterocycles. The van der Waals surface area contributed by atoms with E-state index >= 15 is 19.2 Å². The number of aromatic nitrogens is 2. The van der Waals surface area contributed by atoms with Crippen molar-refractivity contribution in [1.82, 2.24) is 25.1 Å². The maximum atomic E-state index is 16.8. The van der Waals surface area contributed by atoms with E-state index in [2.05, 4.69) is 27.1 Å². The fraction of sp³-hybridized carbons (Fsp3) is 0.286. The van der Waals surface area contributed by atoms with Gasteiger partial charge in [-0.1, -0.05) is 121 Å². The molecule has 5 aromatic carbocycles. The number of aliphatic hydroxyl groups is 2. The molecule has 0 radical (unpaired) electrons. The van der Waals surface area contributed by atoms with Gasteiger partial charge in [-0.3, -0.25) is 19.3 Å². The Hall–Kier alpha value is -7.90. The van der Waals surface area contributed by atoms with Crippen molar-refractivity contribution in [2.75, 3.05) is 55.8 Å².